The van der Waals surface area contributed by atoms with Gasteiger partial charge in [0, 0.05) is 17.2 Å². The molecule has 0 radical (unpaired) electrons. The lowest BCUT2D eigenvalue weighted by Crippen LogP contribution is -2.43. The minimum Gasteiger partial charge on any atom is -0.302 e. The van der Waals surface area contributed by atoms with E-state index in [2.05, 4.69) is 0 Å². The summed E-state index contributed by atoms with van der Waals surface area (Å²) in [6.07, 6.45) is 3.74. The number of hydrogen-bond donors (Lipinski definition) is 0. The van der Waals surface area contributed by atoms with Gasteiger partial charge in [0.2, 0.25) is 7.29 Å². The number of benzene rings is 2. The van der Waals surface area contributed by atoms with E-state index < -0.39 is 7.29 Å². The fraction of sp³-hybridized carbons (Fsp3) is 0.278. The van der Waals surface area contributed by atoms with Crippen LogP contribution in [0.15, 0.2) is 60.7 Å². The van der Waals surface area contributed by atoms with Crippen LogP contribution in [-0.4, -0.2) is 23.5 Å². The van der Waals surface area contributed by atoms with E-state index in [-0.39, 0.29) is 6.04 Å². The molecule has 1 heterocycles. The summed E-state index contributed by atoms with van der Waals surface area (Å²) in [7, 11) is -2.97. The van der Waals surface area contributed by atoms with Crippen molar-refractivity contribution in [2.75, 3.05) is 6.54 Å². The molecular weight excluding hydrogens is 293 g/mol. The molecule has 1 aliphatic rings. The smallest absolute Gasteiger partial charge is 0.207 e. The van der Waals surface area contributed by atoms with E-state index in [1.807, 2.05) is 65.3 Å². The van der Waals surface area contributed by atoms with Gasteiger partial charge < -0.3 is 4.79 Å². The lowest BCUT2D eigenvalue weighted by atomic mass is 10.1. The van der Waals surface area contributed by atoms with Crippen molar-refractivity contribution in [3.63, 3.8) is 0 Å². The second kappa shape index (κ2) is 6.60. The van der Waals surface area contributed by atoms with Gasteiger partial charge in [0.15, 0.2) is 0 Å². The van der Waals surface area contributed by atoms with Crippen molar-refractivity contribution in [1.82, 2.24) is 4.67 Å². The fourth-order valence-corrected chi connectivity index (χ4v) is 6.19. The highest BCUT2D eigenvalue weighted by Crippen LogP contribution is 2.50. The summed E-state index contributed by atoms with van der Waals surface area (Å²) >= 11 is 0. The van der Waals surface area contributed by atoms with Gasteiger partial charge in [-0.25, -0.2) is 4.67 Å². The van der Waals surface area contributed by atoms with Crippen molar-refractivity contribution in [2.24, 2.45) is 0 Å². The maximum Gasteiger partial charge on any atom is 0.207 e. The minimum absolute atomic E-state index is 0.264. The number of carbonyl (C=O) groups excluding carboxylic acids is 1. The van der Waals surface area contributed by atoms with E-state index in [0.29, 0.717) is 6.54 Å². The topological polar surface area (TPSA) is 37.4 Å². The summed E-state index contributed by atoms with van der Waals surface area (Å²) in [5.41, 5.74) is 0. The molecule has 0 amide bonds. The summed E-state index contributed by atoms with van der Waals surface area (Å²) in [5, 5.41) is 1.60. The average Bonchev–Trinajstić information content (AvgIpc) is 2.62. The summed E-state index contributed by atoms with van der Waals surface area (Å²) in [5.74, 6) is 0. The monoisotopic (exact) mass is 313 g/mol. The lowest BCUT2D eigenvalue weighted by molar-refractivity contribution is -0.111. The minimum atomic E-state index is -2.97. The Morgan fingerprint density at radius 1 is 0.909 bits per heavy atom. The SMILES string of the molecule is O=C[C@H]1CCCCN1P(=O)(c1ccccc1)c1ccccc1. The van der Waals surface area contributed by atoms with Gasteiger partial charge >= 0.3 is 0 Å². The Labute approximate surface area is 131 Å². The van der Waals surface area contributed by atoms with E-state index in [1.54, 1.807) is 0 Å². The zero-order valence-electron chi connectivity index (χ0n) is 12.5. The Balaban J connectivity index is 2.15. The Hall–Kier alpha value is -1.70. The van der Waals surface area contributed by atoms with Gasteiger partial charge in [0.25, 0.3) is 0 Å². The number of piperidine rings is 1. The van der Waals surface area contributed by atoms with Crippen molar-refractivity contribution in [3.8, 4) is 0 Å². The van der Waals surface area contributed by atoms with Crippen LogP contribution in [0.1, 0.15) is 19.3 Å². The van der Waals surface area contributed by atoms with Gasteiger partial charge in [-0.15, -0.1) is 0 Å². The number of carbonyl (C=O) groups is 1. The standard InChI is InChI=1S/C18H20NO2P/c20-15-16-9-7-8-14-19(16)22(21,17-10-3-1-4-11-17)18-12-5-2-6-13-18/h1-6,10-13,15-16H,7-9,14H2/t16-/m1/s1. The third kappa shape index (κ3) is 2.67. The zero-order chi connectivity index (χ0) is 15.4. The molecule has 1 aliphatic heterocycles. The van der Waals surface area contributed by atoms with E-state index in [1.165, 1.54) is 0 Å². The van der Waals surface area contributed by atoms with Gasteiger partial charge in [-0.3, -0.25) is 4.57 Å². The molecule has 0 spiro atoms. The summed E-state index contributed by atoms with van der Waals surface area (Å²) in [6.45, 7) is 0.699. The molecule has 0 saturated carbocycles. The number of hydrogen-bond acceptors (Lipinski definition) is 2. The van der Waals surface area contributed by atoms with E-state index in [0.717, 1.165) is 36.2 Å². The third-order valence-electron chi connectivity index (χ3n) is 4.25. The van der Waals surface area contributed by atoms with Crippen LogP contribution in [0.25, 0.3) is 0 Å². The van der Waals surface area contributed by atoms with Crippen molar-refractivity contribution in [3.05, 3.63) is 60.7 Å². The second-order valence-corrected chi connectivity index (χ2v) is 8.31. The maximum atomic E-state index is 14.1. The maximum absolute atomic E-state index is 14.1. The second-order valence-electron chi connectivity index (χ2n) is 5.61. The summed E-state index contributed by atoms with van der Waals surface area (Å²) in [6, 6.07) is 18.8. The van der Waals surface area contributed by atoms with Gasteiger partial charge in [0.05, 0.1) is 6.04 Å². The van der Waals surface area contributed by atoms with Crippen LogP contribution >= 0.6 is 7.29 Å². The molecule has 1 atom stereocenters. The molecular formula is C18H20NO2P. The van der Waals surface area contributed by atoms with Crippen LogP contribution in [0.5, 0.6) is 0 Å². The van der Waals surface area contributed by atoms with Gasteiger partial charge in [-0.2, -0.15) is 0 Å². The summed E-state index contributed by atoms with van der Waals surface area (Å²) in [4.78, 5) is 11.5. The van der Waals surface area contributed by atoms with Crippen LogP contribution < -0.4 is 10.6 Å². The molecule has 0 bridgehead atoms. The van der Waals surface area contributed by atoms with Crippen LogP contribution in [0.4, 0.5) is 0 Å². The largest absolute Gasteiger partial charge is 0.302 e. The molecule has 4 heteroatoms. The Kier molecular flexibility index (Phi) is 4.56. The van der Waals surface area contributed by atoms with Crippen molar-refractivity contribution >= 4 is 24.2 Å². The highest BCUT2D eigenvalue weighted by Gasteiger charge is 2.39. The molecule has 2 aromatic rings. The van der Waals surface area contributed by atoms with Crippen molar-refractivity contribution < 1.29 is 9.36 Å². The molecule has 22 heavy (non-hydrogen) atoms. The van der Waals surface area contributed by atoms with Gasteiger partial charge in [0.1, 0.15) is 6.29 Å². The first-order valence-corrected chi connectivity index (χ1v) is 9.36. The van der Waals surface area contributed by atoms with Crippen molar-refractivity contribution in [1.29, 1.82) is 0 Å². The molecule has 3 nitrogen and oxygen atoms in total. The predicted molar refractivity (Wildman–Crippen MR) is 90.2 cm³/mol. The van der Waals surface area contributed by atoms with Crippen LogP contribution in [0.2, 0.25) is 0 Å². The molecule has 0 aromatic heterocycles. The predicted octanol–water partition coefficient (Wildman–Crippen LogP) is 2.97. The highest BCUT2D eigenvalue weighted by atomic mass is 31.2. The quantitative estimate of drug-likeness (QED) is 0.643. The first kappa shape index (κ1) is 15.2. The third-order valence-corrected chi connectivity index (χ3v) is 7.47. The molecule has 114 valence electrons. The van der Waals surface area contributed by atoms with Crippen LogP contribution in [0, 0.1) is 0 Å². The number of aldehydes is 1. The van der Waals surface area contributed by atoms with E-state index in [9.17, 15) is 9.36 Å². The van der Waals surface area contributed by atoms with E-state index in [4.69, 9.17) is 0 Å². The van der Waals surface area contributed by atoms with Crippen LogP contribution in [-0.2, 0) is 9.36 Å². The average molecular weight is 313 g/mol. The highest BCUT2D eigenvalue weighted by molar-refractivity contribution is 7.76. The number of rotatable bonds is 4. The summed E-state index contributed by atoms with van der Waals surface area (Å²) < 4.78 is 16.0. The number of nitrogens with zero attached hydrogens (tertiary/aromatic N) is 1. The van der Waals surface area contributed by atoms with Gasteiger partial charge in [-0.05, 0) is 37.1 Å². The zero-order valence-corrected chi connectivity index (χ0v) is 13.4. The molecule has 2 aromatic carbocycles. The normalized spacial score (nSPS) is 19.7. The van der Waals surface area contributed by atoms with Crippen molar-refractivity contribution in [2.45, 2.75) is 25.3 Å². The first-order valence-electron chi connectivity index (χ1n) is 7.70. The molecule has 1 saturated heterocycles. The Morgan fingerprint density at radius 3 is 1.95 bits per heavy atom. The lowest BCUT2D eigenvalue weighted by Gasteiger charge is -2.38. The Morgan fingerprint density at radius 2 is 1.45 bits per heavy atom. The first-order chi connectivity index (χ1) is 10.8. The fourth-order valence-electron chi connectivity index (χ4n) is 3.14. The Bertz CT molecular complexity index is 629. The molecule has 3 rings (SSSR count). The molecule has 0 aliphatic carbocycles. The van der Waals surface area contributed by atoms with E-state index >= 15 is 0 Å². The molecule has 0 N–H and O–H groups in total. The van der Waals surface area contributed by atoms with Crippen LogP contribution in [0.3, 0.4) is 0 Å². The molecule has 1 fully saturated rings. The van der Waals surface area contributed by atoms with Gasteiger partial charge in [-0.1, -0.05) is 42.8 Å². The molecule has 0 unspecified atom stereocenters.